The Balaban J connectivity index is 1.99. The van der Waals surface area contributed by atoms with Crippen molar-refractivity contribution in [2.75, 3.05) is 7.05 Å². The fraction of sp³-hybridized carbons (Fsp3) is 0.643. The second-order valence-electron chi connectivity index (χ2n) is 5.31. The molecule has 1 aromatic heterocycles. The predicted octanol–water partition coefficient (Wildman–Crippen LogP) is 2.04. The molecule has 0 aromatic carbocycles. The first-order chi connectivity index (χ1) is 9.22. The Bertz CT molecular complexity index is 409. The lowest BCUT2D eigenvalue weighted by Crippen LogP contribution is -2.33. The summed E-state index contributed by atoms with van der Waals surface area (Å²) in [5.74, 6) is 5.11. The highest BCUT2D eigenvalue weighted by Gasteiger charge is 2.20. The minimum Gasteiger partial charge on any atom is -0.459 e. The molecule has 19 heavy (non-hydrogen) atoms. The first-order valence-corrected chi connectivity index (χ1v) is 7.00. The van der Waals surface area contributed by atoms with Crippen LogP contribution in [0.25, 0.3) is 0 Å². The predicted molar refractivity (Wildman–Crippen MR) is 73.3 cm³/mol. The molecule has 0 saturated heterocycles. The lowest BCUT2D eigenvalue weighted by Gasteiger charge is -2.26. The molecular weight excluding hydrogens is 242 g/mol. The summed E-state index contributed by atoms with van der Waals surface area (Å²) in [5, 5.41) is 0. The zero-order valence-corrected chi connectivity index (χ0v) is 11.5. The topological polar surface area (TPSA) is 71.5 Å². The largest absolute Gasteiger partial charge is 0.459 e. The van der Waals surface area contributed by atoms with Gasteiger partial charge >= 0.3 is 5.91 Å². The first-order valence-electron chi connectivity index (χ1n) is 7.00. The van der Waals surface area contributed by atoms with Crippen LogP contribution in [0.2, 0.25) is 0 Å². The molecule has 1 aromatic rings. The van der Waals surface area contributed by atoms with Crippen molar-refractivity contribution < 1.29 is 9.21 Å². The fourth-order valence-corrected chi connectivity index (χ4v) is 2.82. The first kappa shape index (κ1) is 14.1. The lowest BCUT2D eigenvalue weighted by atomic mass is 10.1. The molecule has 1 fully saturated rings. The van der Waals surface area contributed by atoms with E-state index in [9.17, 15) is 4.79 Å². The third-order valence-electron chi connectivity index (χ3n) is 3.95. The van der Waals surface area contributed by atoms with Gasteiger partial charge in [-0.25, -0.2) is 5.84 Å². The monoisotopic (exact) mass is 265 g/mol. The standard InChI is InChI=1S/C14H23N3O2/c1-17(12-6-4-2-3-5-7-12)10-11-8-9-19-13(11)14(18)16-15/h8-9,12H,2-7,10,15H2,1H3,(H,16,18). The molecule has 0 atom stereocenters. The molecule has 1 saturated carbocycles. The molecule has 106 valence electrons. The van der Waals surface area contributed by atoms with Gasteiger partial charge in [0.05, 0.1) is 6.26 Å². The Labute approximate surface area is 114 Å². The van der Waals surface area contributed by atoms with E-state index in [4.69, 9.17) is 10.3 Å². The summed E-state index contributed by atoms with van der Waals surface area (Å²) in [6, 6.07) is 2.45. The van der Waals surface area contributed by atoms with E-state index in [1.807, 2.05) is 6.07 Å². The van der Waals surface area contributed by atoms with Crippen LogP contribution in [-0.2, 0) is 6.54 Å². The van der Waals surface area contributed by atoms with E-state index < -0.39 is 0 Å². The van der Waals surface area contributed by atoms with E-state index in [2.05, 4.69) is 17.4 Å². The van der Waals surface area contributed by atoms with Crippen LogP contribution in [0.3, 0.4) is 0 Å². The zero-order chi connectivity index (χ0) is 13.7. The summed E-state index contributed by atoms with van der Waals surface area (Å²) in [5.41, 5.74) is 3.02. The molecule has 5 heteroatoms. The van der Waals surface area contributed by atoms with Crippen molar-refractivity contribution in [3.63, 3.8) is 0 Å². The van der Waals surface area contributed by atoms with Crippen molar-refractivity contribution >= 4 is 5.91 Å². The number of rotatable bonds is 4. The summed E-state index contributed by atoms with van der Waals surface area (Å²) < 4.78 is 5.21. The molecule has 1 aliphatic rings. The maximum atomic E-state index is 11.6. The van der Waals surface area contributed by atoms with E-state index >= 15 is 0 Å². The molecule has 0 aliphatic heterocycles. The third-order valence-corrected chi connectivity index (χ3v) is 3.95. The Kier molecular flexibility index (Phi) is 4.99. The number of amides is 1. The number of furan rings is 1. The van der Waals surface area contributed by atoms with Gasteiger partial charge in [-0.2, -0.15) is 0 Å². The van der Waals surface area contributed by atoms with Gasteiger partial charge < -0.3 is 4.42 Å². The number of hydrogen-bond donors (Lipinski definition) is 2. The summed E-state index contributed by atoms with van der Waals surface area (Å²) >= 11 is 0. The maximum absolute atomic E-state index is 11.6. The van der Waals surface area contributed by atoms with E-state index in [0.717, 1.165) is 12.1 Å². The van der Waals surface area contributed by atoms with Gasteiger partial charge in [0.2, 0.25) is 0 Å². The highest BCUT2D eigenvalue weighted by atomic mass is 16.3. The van der Waals surface area contributed by atoms with Gasteiger partial charge in [0, 0.05) is 18.2 Å². The summed E-state index contributed by atoms with van der Waals surface area (Å²) in [6.07, 6.45) is 9.32. The number of nitrogens with one attached hydrogen (secondary N) is 1. The molecule has 2 rings (SSSR count). The smallest absolute Gasteiger partial charge is 0.301 e. The quantitative estimate of drug-likeness (QED) is 0.378. The Hall–Kier alpha value is -1.33. The number of nitrogens with zero attached hydrogens (tertiary/aromatic N) is 1. The summed E-state index contributed by atoms with van der Waals surface area (Å²) in [7, 11) is 2.12. The van der Waals surface area contributed by atoms with Gasteiger partial charge in [-0.05, 0) is 26.0 Å². The molecule has 1 amide bonds. The fourth-order valence-electron chi connectivity index (χ4n) is 2.82. The third kappa shape index (κ3) is 3.58. The van der Waals surface area contributed by atoms with E-state index in [-0.39, 0.29) is 5.91 Å². The van der Waals surface area contributed by atoms with Gasteiger partial charge in [0.25, 0.3) is 0 Å². The Morgan fingerprint density at radius 2 is 2.11 bits per heavy atom. The van der Waals surface area contributed by atoms with Crippen LogP contribution in [-0.4, -0.2) is 23.9 Å². The van der Waals surface area contributed by atoms with Gasteiger partial charge in [-0.1, -0.05) is 25.7 Å². The van der Waals surface area contributed by atoms with E-state index in [1.54, 1.807) is 6.26 Å². The van der Waals surface area contributed by atoms with Gasteiger partial charge in [-0.3, -0.25) is 15.1 Å². The average Bonchev–Trinajstić information content (AvgIpc) is 2.71. The van der Waals surface area contributed by atoms with Crippen molar-refractivity contribution in [2.45, 2.75) is 51.1 Å². The second kappa shape index (κ2) is 6.73. The van der Waals surface area contributed by atoms with Crippen LogP contribution in [0.5, 0.6) is 0 Å². The van der Waals surface area contributed by atoms with Crippen molar-refractivity contribution in [3.8, 4) is 0 Å². The second-order valence-corrected chi connectivity index (χ2v) is 5.31. The zero-order valence-electron chi connectivity index (χ0n) is 11.5. The normalized spacial score (nSPS) is 17.4. The van der Waals surface area contributed by atoms with Gasteiger partial charge in [0.1, 0.15) is 0 Å². The highest BCUT2D eigenvalue weighted by molar-refractivity contribution is 5.92. The van der Waals surface area contributed by atoms with E-state index in [1.165, 1.54) is 38.5 Å². The van der Waals surface area contributed by atoms with Crippen molar-refractivity contribution in [1.82, 2.24) is 10.3 Å². The Morgan fingerprint density at radius 1 is 1.42 bits per heavy atom. The molecule has 0 radical (unpaired) electrons. The van der Waals surface area contributed by atoms with Crippen LogP contribution in [0, 0.1) is 0 Å². The minimum atomic E-state index is -0.366. The number of nitrogens with two attached hydrogens (primary N) is 1. The minimum absolute atomic E-state index is 0.322. The molecule has 1 aliphatic carbocycles. The van der Waals surface area contributed by atoms with E-state index in [0.29, 0.717) is 11.8 Å². The molecular formula is C14H23N3O2. The number of hydrogen-bond acceptors (Lipinski definition) is 4. The maximum Gasteiger partial charge on any atom is 0.301 e. The van der Waals surface area contributed by atoms with Gasteiger partial charge in [0.15, 0.2) is 5.76 Å². The number of nitrogen functional groups attached to an aromatic ring is 1. The van der Waals surface area contributed by atoms with Crippen LogP contribution >= 0.6 is 0 Å². The molecule has 0 bridgehead atoms. The highest BCUT2D eigenvalue weighted by Crippen LogP contribution is 2.23. The molecule has 0 spiro atoms. The van der Waals surface area contributed by atoms with Crippen LogP contribution < -0.4 is 11.3 Å². The Morgan fingerprint density at radius 3 is 2.74 bits per heavy atom. The SMILES string of the molecule is CN(Cc1ccoc1C(=O)NN)C1CCCCCC1. The van der Waals surface area contributed by atoms with Crippen molar-refractivity contribution in [3.05, 3.63) is 23.7 Å². The molecule has 5 nitrogen and oxygen atoms in total. The van der Waals surface area contributed by atoms with Crippen LogP contribution in [0.1, 0.15) is 54.6 Å². The van der Waals surface area contributed by atoms with Crippen molar-refractivity contribution in [2.24, 2.45) is 5.84 Å². The summed E-state index contributed by atoms with van der Waals surface area (Å²) in [6.45, 7) is 0.726. The molecule has 0 unspecified atom stereocenters. The van der Waals surface area contributed by atoms with Crippen LogP contribution in [0.15, 0.2) is 16.7 Å². The lowest BCUT2D eigenvalue weighted by molar-refractivity contribution is 0.0922. The van der Waals surface area contributed by atoms with Gasteiger partial charge in [-0.15, -0.1) is 0 Å². The summed E-state index contributed by atoms with van der Waals surface area (Å²) in [4.78, 5) is 13.9. The van der Waals surface area contributed by atoms with Crippen LogP contribution in [0.4, 0.5) is 0 Å². The molecule has 1 heterocycles. The number of carbonyl (C=O) groups excluding carboxylic acids is 1. The average molecular weight is 265 g/mol. The molecule has 3 N–H and O–H groups in total. The van der Waals surface area contributed by atoms with Crippen molar-refractivity contribution in [1.29, 1.82) is 0 Å². The number of hydrazine groups is 1. The number of carbonyl (C=O) groups is 1.